The second-order valence-electron chi connectivity index (χ2n) is 5.55. The van der Waals surface area contributed by atoms with Crippen LogP contribution in [0.3, 0.4) is 0 Å². The molecule has 128 valence electrons. The van der Waals surface area contributed by atoms with Crippen LogP contribution in [0.4, 0.5) is 15.9 Å². The standard InChI is InChI=1S/C16H15FN6O2/c17-11-7-12(9-18-8-11)20-16(24)13-10-19-14-1-2-15(21-23(13)14)22-3-5-25-6-4-22/h1-2,7-10H,3-6H2,(H,20,24). The average molecular weight is 342 g/mol. The van der Waals surface area contributed by atoms with Gasteiger partial charge in [-0.2, -0.15) is 0 Å². The number of nitrogens with one attached hydrogen (secondary N) is 1. The van der Waals surface area contributed by atoms with Gasteiger partial charge in [0.15, 0.2) is 11.3 Å². The largest absolute Gasteiger partial charge is 0.378 e. The van der Waals surface area contributed by atoms with Gasteiger partial charge in [-0.15, -0.1) is 5.10 Å². The number of pyridine rings is 1. The van der Waals surface area contributed by atoms with E-state index in [1.165, 1.54) is 23.0 Å². The topological polar surface area (TPSA) is 84.7 Å². The fourth-order valence-electron chi connectivity index (χ4n) is 2.65. The number of anilines is 2. The SMILES string of the molecule is O=C(Nc1cncc(F)c1)c1cnc2ccc(N3CCOCC3)nn12. The average Bonchev–Trinajstić information content (AvgIpc) is 3.06. The molecule has 3 aromatic rings. The fourth-order valence-corrected chi connectivity index (χ4v) is 2.65. The number of morpholine rings is 1. The Kier molecular flexibility index (Phi) is 3.98. The summed E-state index contributed by atoms with van der Waals surface area (Å²) in [4.78, 5) is 22.5. The van der Waals surface area contributed by atoms with E-state index in [2.05, 4.69) is 25.3 Å². The first-order chi connectivity index (χ1) is 12.2. The molecule has 1 amide bonds. The van der Waals surface area contributed by atoms with E-state index in [9.17, 15) is 9.18 Å². The molecule has 0 aromatic carbocycles. The Morgan fingerprint density at radius 1 is 1.20 bits per heavy atom. The molecule has 8 nitrogen and oxygen atoms in total. The number of rotatable bonds is 3. The number of halogens is 1. The Morgan fingerprint density at radius 2 is 2.04 bits per heavy atom. The number of hydrogen-bond acceptors (Lipinski definition) is 6. The summed E-state index contributed by atoms with van der Waals surface area (Å²) in [5.74, 6) is -0.217. The van der Waals surface area contributed by atoms with Crippen LogP contribution in [0.2, 0.25) is 0 Å². The molecule has 4 rings (SSSR count). The summed E-state index contributed by atoms with van der Waals surface area (Å²) in [7, 11) is 0. The maximum Gasteiger partial charge on any atom is 0.276 e. The van der Waals surface area contributed by atoms with Crippen LogP contribution in [0.1, 0.15) is 10.5 Å². The van der Waals surface area contributed by atoms with E-state index in [0.29, 0.717) is 18.9 Å². The summed E-state index contributed by atoms with van der Waals surface area (Å²) in [6.45, 7) is 2.76. The Bertz CT molecular complexity index is 922. The lowest BCUT2D eigenvalue weighted by Gasteiger charge is -2.27. The molecule has 0 spiro atoms. The van der Waals surface area contributed by atoms with Crippen molar-refractivity contribution >= 4 is 23.1 Å². The number of ether oxygens (including phenoxy) is 1. The van der Waals surface area contributed by atoms with Crippen molar-refractivity contribution in [3.05, 3.63) is 48.3 Å². The molecule has 0 radical (unpaired) electrons. The van der Waals surface area contributed by atoms with Crippen molar-refractivity contribution in [3.63, 3.8) is 0 Å². The van der Waals surface area contributed by atoms with E-state index in [1.54, 1.807) is 6.07 Å². The summed E-state index contributed by atoms with van der Waals surface area (Å²) in [5, 5.41) is 7.11. The number of carbonyl (C=O) groups is 1. The normalized spacial score (nSPS) is 14.7. The van der Waals surface area contributed by atoms with Gasteiger partial charge in [-0.3, -0.25) is 9.78 Å². The number of fused-ring (bicyclic) bond motifs is 1. The van der Waals surface area contributed by atoms with Gasteiger partial charge in [0.1, 0.15) is 11.6 Å². The molecule has 1 aliphatic rings. The maximum atomic E-state index is 13.2. The Balaban J connectivity index is 1.63. The van der Waals surface area contributed by atoms with Gasteiger partial charge in [-0.25, -0.2) is 13.9 Å². The Morgan fingerprint density at radius 3 is 2.84 bits per heavy atom. The molecule has 0 bridgehead atoms. The van der Waals surface area contributed by atoms with Crippen LogP contribution >= 0.6 is 0 Å². The van der Waals surface area contributed by atoms with Gasteiger partial charge in [0.25, 0.3) is 5.91 Å². The number of amides is 1. The predicted molar refractivity (Wildman–Crippen MR) is 88.2 cm³/mol. The summed E-state index contributed by atoms with van der Waals surface area (Å²) in [6.07, 6.45) is 3.88. The number of nitrogens with zero attached hydrogens (tertiary/aromatic N) is 5. The first-order valence-electron chi connectivity index (χ1n) is 7.80. The summed E-state index contributed by atoms with van der Waals surface area (Å²) in [6, 6.07) is 4.87. The lowest BCUT2D eigenvalue weighted by atomic mass is 10.3. The van der Waals surface area contributed by atoms with E-state index in [4.69, 9.17) is 4.74 Å². The summed E-state index contributed by atoms with van der Waals surface area (Å²) in [5.41, 5.74) is 1.08. The van der Waals surface area contributed by atoms with Crippen molar-refractivity contribution in [2.24, 2.45) is 0 Å². The van der Waals surface area contributed by atoms with Crippen LogP contribution in [0, 0.1) is 5.82 Å². The van der Waals surface area contributed by atoms with Crippen molar-refractivity contribution in [2.75, 3.05) is 36.5 Å². The van der Waals surface area contributed by atoms with Gasteiger partial charge in [-0.05, 0) is 12.1 Å². The molecule has 4 heterocycles. The smallest absolute Gasteiger partial charge is 0.276 e. The van der Waals surface area contributed by atoms with Gasteiger partial charge in [-0.1, -0.05) is 0 Å². The molecule has 0 saturated carbocycles. The van der Waals surface area contributed by atoms with Crippen LogP contribution in [0.15, 0.2) is 36.8 Å². The fraction of sp³-hybridized carbons (Fsp3) is 0.250. The molecule has 1 aliphatic heterocycles. The number of aromatic nitrogens is 4. The highest BCUT2D eigenvalue weighted by Gasteiger charge is 2.17. The van der Waals surface area contributed by atoms with Crippen molar-refractivity contribution in [1.82, 2.24) is 19.6 Å². The second kappa shape index (κ2) is 6.44. The van der Waals surface area contributed by atoms with Gasteiger partial charge in [0, 0.05) is 19.2 Å². The highest BCUT2D eigenvalue weighted by atomic mass is 19.1. The van der Waals surface area contributed by atoms with Crippen molar-refractivity contribution in [2.45, 2.75) is 0 Å². The number of hydrogen-bond donors (Lipinski definition) is 1. The molecule has 1 saturated heterocycles. The van der Waals surface area contributed by atoms with Crippen LogP contribution in [0.5, 0.6) is 0 Å². The third kappa shape index (κ3) is 3.13. The quantitative estimate of drug-likeness (QED) is 0.773. The Labute approximate surface area is 142 Å². The van der Waals surface area contributed by atoms with Gasteiger partial charge < -0.3 is 15.0 Å². The molecule has 1 N–H and O–H groups in total. The van der Waals surface area contributed by atoms with Crippen LogP contribution in [0.25, 0.3) is 5.65 Å². The zero-order chi connectivity index (χ0) is 17.2. The molecule has 9 heteroatoms. The van der Waals surface area contributed by atoms with Crippen LogP contribution in [-0.2, 0) is 4.74 Å². The molecule has 0 atom stereocenters. The van der Waals surface area contributed by atoms with Gasteiger partial charge >= 0.3 is 0 Å². The first-order valence-corrected chi connectivity index (χ1v) is 7.80. The highest BCUT2D eigenvalue weighted by molar-refractivity contribution is 6.03. The summed E-state index contributed by atoms with van der Waals surface area (Å²) < 4.78 is 20.0. The number of imidazole rings is 1. The second-order valence-corrected chi connectivity index (χ2v) is 5.55. The molecular formula is C16H15FN6O2. The number of carbonyl (C=O) groups excluding carboxylic acids is 1. The van der Waals surface area contributed by atoms with Crippen molar-refractivity contribution in [1.29, 1.82) is 0 Å². The lowest BCUT2D eigenvalue weighted by molar-refractivity contribution is 0.102. The van der Waals surface area contributed by atoms with E-state index < -0.39 is 11.7 Å². The first kappa shape index (κ1) is 15.5. The van der Waals surface area contributed by atoms with E-state index >= 15 is 0 Å². The van der Waals surface area contributed by atoms with E-state index in [-0.39, 0.29) is 11.4 Å². The minimum atomic E-state index is -0.524. The minimum Gasteiger partial charge on any atom is -0.378 e. The highest BCUT2D eigenvalue weighted by Crippen LogP contribution is 2.16. The van der Waals surface area contributed by atoms with Crippen molar-refractivity contribution < 1.29 is 13.9 Å². The maximum absolute atomic E-state index is 13.2. The molecule has 0 unspecified atom stereocenters. The zero-order valence-corrected chi connectivity index (χ0v) is 13.2. The predicted octanol–water partition coefficient (Wildman–Crippen LogP) is 1.35. The molecule has 25 heavy (non-hydrogen) atoms. The Hall–Kier alpha value is -3.07. The molecular weight excluding hydrogens is 327 g/mol. The monoisotopic (exact) mass is 342 g/mol. The van der Waals surface area contributed by atoms with Gasteiger partial charge in [0.2, 0.25) is 0 Å². The minimum absolute atomic E-state index is 0.259. The van der Waals surface area contributed by atoms with E-state index in [1.807, 2.05) is 6.07 Å². The lowest BCUT2D eigenvalue weighted by Crippen LogP contribution is -2.37. The van der Waals surface area contributed by atoms with E-state index in [0.717, 1.165) is 25.1 Å². The van der Waals surface area contributed by atoms with Gasteiger partial charge in [0.05, 0.1) is 37.5 Å². The van der Waals surface area contributed by atoms with Crippen LogP contribution < -0.4 is 10.2 Å². The molecule has 1 fully saturated rings. The third-order valence-electron chi connectivity index (χ3n) is 3.88. The molecule has 0 aliphatic carbocycles. The zero-order valence-electron chi connectivity index (χ0n) is 13.2. The van der Waals surface area contributed by atoms with Crippen molar-refractivity contribution in [3.8, 4) is 0 Å². The summed E-state index contributed by atoms with van der Waals surface area (Å²) >= 11 is 0. The third-order valence-corrected chi connectivity index (χ3v) is 3.88. The van der Waals surface area contributed by atoms with Crippen LogP contribution in [-0.4, -0.2) is 51.8 Å². The molecule has 3 aromatic heterocycles.